The quantitative estimate of drug-likeness (QED) is 0.808. The summed E-state index contributed by atoms with van der Waals surface area (Å²) in [6.45, 7) is 7.65. The molecular formula is C17H23NS. The van der Waals surface area contributed by atoms with Gasteiger partial charge in [-0.1, -0.05) is 36.8 Å². The summed E-state index contributed by atoms with van der Waals surface area (Å²) in [7, 11) is 0. The van der Waals surface area contributed by atoms with Crippen molar-refractivity contribution in [2.24, 2.45) is 0 Å². The number of hydrogen-bond donors (Lipinski definition) is 1. The van der Waals surface area contributed by atoms with Gasteiger partial charge in [-0.05, 0) is 55.8 Å². The van der Waals surface area contributed by atoms with Gasteiger partial charge in [0, 0.05) is 10.9 Å². The molecule has 1 N–H and O–H groups in total. The molecule has 0 radical (unpaired) electrons. The third-order valence-electron chi connectivity index (χ3n) is 3.48. The molecule has 1 nitrogen and oxygen atoms in total. The van der Waals surface area contributed by atoms with Crippen molar-refractivity contribution in [2.75, 3.05) is 6.54 Å². The second-order valence-corrected chi connectivity index (χ2v) is 6.25. The second kappa shape index (κ2) is 6.88. The summed E-state index contributed by atoms with van der Waals surface area (Å²) < 4.78 is 0. The predicted molar refractivity (Wildman–Crippen MR) is 85.0 cm³/mol. The lowest BCUT2D eigenvalue weighted by Gasteiger charge is -2.19. The molecule has 0 bridgehead atoms. The molecule has 0 aliphatic carbocycles. The van der Waals surface area contributed by atoms with Gasteiger partial charge in [-0.2, -0.15) is 0 Å². The van der Waals surface area contributed by atoms with E-state index in [0.29, 0.717) is 6.04 Å². The molecule has 2 aromatic rings. The highest BCUT2D eigenvalue weighted by Crippen LogP contribution is 2.25. The van der Waals surface area contributed by atoms with E-state index in [0.717, 1.165) is 13.0 Å². The topological polar surface area (TPSA) is 12.0 Å². The van der Waals surface area contributed by atoms with Gasteiger partial charge in [0.2, 0.25) is 0 Å². The predicted octanol–water partition coefficient (Wildman–Crippen LogP) is 4.65. The van der Waals surface area contributed by atoms with Crippen molar-refractivity contribution in [1.82, 2.24) is 5.32 Å². The summed E-state index contributed by atoms with van der Waals surface area (Å²) in [6, 6.07) is 11.6. The molecule has 2 rings (SSSR count). The number of hydrogen-bond acceptors (Lipinski definition) is 2. The smallest absolute Gasteiger partial charge is 0.0371 e. The van der Waals surface area contributed by atoms with Gasteiger partial charge in [0.05, 0.1) is 0 Å². The van der Waals surface area contributed by atoms with Crippen molar-refractivity contribution in [3.63, 3.8) is 0 Å². The molecule has 1 aromatic carbocycles. The fraction of sp³-hybridized carbons (Fsp3) is 0.412. The van der Waals surface area contributed by atoms with Crippen LogP contribution in [0.2, 0.25) is 0 Å². The van der Waals surface area contributed by atoms with Crippen LogP contribution in [0.3, 0.4) is 0 Å². The Morgan fingerprint density at radius 1 is 1.11 bits per heavy atom. The van der Waals surface area contributed by atoms with Gasteiger partial charge in [-0.15, -0.1) is 11.3 Å². The average molecular weight is 273 g/mol. The molecule has 102 valence electrons. The van der Waals surface area contributed by atoms with Crippen LogP contribution in [0, 0.1) is 13.8 Å². The maximum absolute atomic E-state index is 3.68. The summed E-state index contributed by atoms with van der Waals surface area (Å²) in [5, 5.41) is 5.88. The van der Waals surface area contributed by atoms with E-state index in [1.54, 1.807) is 0 Å². The molecule has 0 amide bonds. The van der Waals surface area contributed by atoms with E-state index >= 15 is 0 Å². The molecule has 19 heavy (non-hydrogen) atoms. The van der Waals surface area contributed by atoms with Crippen molar-refractivity contribution in [3.8, 4) is 0 Å². The van der Waals surface area contributed by atoms with Gasteiger partial charge in [-0.25, -0.2) is 0 Å². The summed E-state index contributed by atoms with van der Waals surface area (Å²) in [5.41, 5.74) is 4.19. The van der Waals surface area contributed by atoms with Crippen LogP contribution in [0.25, 0.3) is 0 Å². The van der Waals surface area contributed by atoms with E-state index in [2.05, 4.69) is 61.8 Å². The lowest BCUT2D eigenvalue weighted by atomic mass is 9.98. The molecular weight excluding hydrogens is 250 g/mol. The van der Waals surface area contributed by atoms with Gasteiger partial charge in [0.15, 0.2) is 0 Å². The highest BCUT2D eigenvalue weighted by atomic mass is 32.1. The van der Waals surface area contributed by atoms with Crippen LogP contribution < -0.4 is 5.32 Å². The molecule has 2 heteroatoms. The largest absolute Gasteiger partial charge is 0.310 e. The molecule has 1 unspecified atom stereocenters. The molecule has 0 spiro atoms. The van der Waals surface area contributed by atoms with Crippen molar-refractivity contribution < 1.29 is 0 Å². The van der Waals surface area contributed by atoms with Gasteiger partial charge in [-0.3, -0.25) is 0 Å². The third kappa shape index (κ3) is 3.92. The van der Waals surface area contributed by atoms with E-state index < -0.39 is 0 Å². The van der Waals surface area contributed by atoms with Crippen molar-refractivity contribution in [2.45, 2.75) is 39.7 Å². The normalized spacial score (nSPS) is 12.6. The van der Waals surface area contributed by atoms with E-state index in [9.17, 15) is 0 Å². The summed E-state index contributed by atoms with van der Waals surface area (Å²) in [6.07, 6.45) is 2.24. The Kier molecular flexibility index (Phi) is 5.17. The van der Waals surface area contributed by atoms with Crippen molar-refractivity contribution in [1.29, 1.82) is 0 Å². The SMILES string of the molecule is CCCNC(Cc1ccc(C)cc1)c1ccsc1C. The molecule has 1 heterocycles. The number of thiophene rings is 1. The first-order chi connectivity index (χ1) is 9.20. The molecule has 0 saturated heterocycles. The van der Waals surface area contributed by atoms with Crippen LogP contribution in [-0.4, -0.2) is 6.54 Å². The van der Waals surface area contributed by atoms with Gasteiger partial charge in [0.25, 0.3) is 0 Å². The Hall–Kier alpha value is -1.12. The Morgan fingerprint density at radius 2 is 1.84 bits per heavy atom. The van der Waals surface area contributed by atoms with Crippen LogP contribution in [-0.2, 0) is 6.42 Å². The van der Waals surface area contributed by atoms with Crippen molar-refractivity contribution >= 4 is 11.3 Å². The minimum Gasteiger partial charge on any atom is -0.310 e. The lowest BCUT2D eigenvalue weighted by molar-refractivity contribution is 0.529. The third-order valence-corrected chi connectivity index (χ3v) is 4.34. The van der Waals surface area contributed by atoms with E-state index in [4.69, 9.17) is 0 Å². The molecule has 0 aliphatic rings. The Balaban J connectivity index is 2.14. The number of benzene rings is 1. The summed E-state index contributed by atoms with van der Waals surface area (Å²) in [5.74, 6) is 0. The first-order valence-electron chi connectivity index (χ1n) is 7.03. The van der Waals surface area contributed by atoms with Gasteiger partial charge < -0.3 is 5.32 Å². The van der Waals surface area contributed by atoms with Crippen LogP contribution in [0.1, 0.15) is 41.0 Å². The van der Waals surface area contributed by atoms with E-state index in [1.165, 1.54) is 28.0 Å². The molecule has 0 aliphatic heterocycles. The second-order valence-electron chi connectivity index (χ2n) is 5.13. The average Bonchev–Trinajstić information content (AvgIpc) is 2.83. The number of nitrogens with one attached hydrogen (secondary N) is 1. The molecule has 0 saturated carbocycles. The fourth-order valence-corrected chi connectivity index (χ4v) is 3.09. The molecule has 0 fully saturated rings. The monoisotopic (exact) mass is 273 g/mol. The standard InChI is InChI=1S/C17H23NS/c1-4-10-18-17(16-9-11-19-14(16)3)12-15-7-5-13(2)6-8-15/h5-9,11,17-18H,4,10,12H2,1-3H3. The zero-order chi connectivity index (χ0) is 13.7. The Labute approximate surface area is 120 Å². The first kappa shape index (κ1) is 14.3. The zero-order valence-electron chi connectivity index (χ0n) is 12.1. The maximum atomic E-state index is 3.68. The maximum Gasteiger partial charge on any atom is 0.0371 e. The lowest BCUT2D eigenvalue weighted by Crippen LogP contribution is -2.24. The van der Waals surface area contributed by atoms with E-state index in [1.807, 2.05) is 11.3 Å². The fourth-order valence-electron chi connectivity index (χ4n) is 2.33. The van der Waals surface area contributed by atoms with Crippen LogP contribution in [0.4, 0.5) is 0 Å². The molecule has 1 atom stereocenters. The highest BCUT2D eigenvalue weighted by molar-refractivity contribution is 7.10. The Bertz CT molecular complexity index is 498. The number of rotatable bonds is 6. The van der Waals surface area contributed by atoms with Crippen LogP contribution in [0.15, 0.2) is 35.7 Å². The number of aryl methyl sites for hydroxylation is 2. The zero-order valence-corrected chi connectivity index (χ0v) is 12.9. The van der Waals surface area contributed by atoms with Gasteiger partial charge >= 0.3 is 0 Å². The van der Waals surface area contributed by atoms with Crippen molar-refractivity contribution in [3.05, 3.63) is 57.3 Å². The van der Waals surface area contributed by atoms with Crippen LogP contribution in [0.5, 0.6) is 0 Å². The summed E-state index contributed by atoms with van der Waals surface area (Å²) >= 11 is 1.84. The minimum atomic E-state index is 0.439. The molecule has 1 aromatic heterocycles. The van der Waals surface area contributed by atoms with Gasteiger partial charge in [0.1, 0.15) is 0 Å². The highest BCUT2D eigenvalue weighted by Gasteiger charge is 2.14. The Morgan fingerprint density at radius 3 is 2.42 bits per heavy atom. The van der Waals surface area contributed by atoms with E-state index in [-0.39, 0.29) is 0 Å². The summed E-state index contributed by atoms with van der Waals surface area (Å²) in [4.78, 5) is 1.43. The van der Waals surface area contributed by atoms with Crippen LogP contribution >= 0.6 is 11.3 Å². The minimum absolute atomic E-state index is 0.439. The first-order valence-corrected chi connectivity index (χ1v) is 7.91.